The first-order valence-electron chi connectivity index (χ1n) is 4.63. The summed E-state index contributed by atoms with van der Waals surface area (Å²) >= 11 is 5.24. The zero-order valence-electron chi connectivity index (χ0n) is 8.33. The molecule has 14 heavy (non-hydrogen) atoms. The van der Waals surface area contributed by atoms with Crippen molar-refractivity contribution in [3.05, 3.63) is 30.3 Å². The molecule has 1 rings (SSSR count). The number of phenols is 1. The monoisotopic (exact) mass is 213 g/mol. The zero-order valence-corrected chi connectivity index (χ0v) is 9.09. The van der Waals surface area contributed by atoms with E-state index in [0.29, 0.717) is 5.75 Å². The molecular formula is C11H16ClNO. The molecule has 0 unspecified atom stereocenters. The van der Waals surface area contributed by atoms with Gasteiger partial charge < -0.3 is 5.11 Å². The van der Waals surface area contributed by atoms with Gasteiger partial charge in [0.25, 0.3) is 0 Å². The number of hydrogen-bond acceptors (Lipinski definition) is 2. The van der Waals surface area contributed by atoms with Gasteiger partial charge in [0, 0.05) is 0 Å². The molecule has 0 heterocycles. The van der Waals surface area contributed by atoms with Gasteiger partial charge in [-0.2, -0.15) is 0 Å². The van der Waals surface area contributed by atoms with Crippen molar-refractivity contribution in [2.24, 2.45) is 0 Å². The summed E-state index contributed by atoms with van der Waals surface area (Å²) in [5.74, 6) is 0.322. The predicted octanol–water partition coefficient (Wildman–Crippen LogP) is 3.78. The maximum Gasteiger partial charge on any atom is 0.115 e. The van der Waals surface area contributed by atoms with Gasteiger partial charge in [0.15, 0.2) is 0 Å². The average Bonchev–Trinajstić information content (AvgIpc) is 2.17. The van der Waals surface area contributed by atoms with Gasteiger partial charge in [0.1, 0.15) is 5.75 Å². The molecule has 2 N–H and O–H groups in total. The van der Waals surface area contributed by atoms with Gasteiger partial charge in [-0.25, -0.2) is 0 Å². The van der Waals surface area contributed by atoms with Crippen LogP contribution in [0.3, 0.4) is 0 Å². The van der Waals surface area contributed by atoms with E-state index in [-0.39, 0.29) is 5.17 Å². The molecule has 1 aromatic rings. The van der Waals surface area contributed by atoms with Crippen molar-refractivity contribution in [3.63, 3.8) is 0 Å². The van der Waals surface area contributed by atoms with Crippen LogP contribution in [0.2, 0.25) is 0 Å². The third-order valence-corrected chi connectivity index (χ3v) is 1.69. The number of rotatable bonds is 3. The topological polar surface area (TPSA) is 44.1 Å². The van der Waals surface area contributed by atoms with E-state index >= 15 is 0 Å². The Kier molecular flexibility index (Phi) is 7.95. The van der Waals surface area contributed by atoms with E-state index in [4.69, 9.17) is 22.1 Å². The van der Waals surface area contributed by atoms with Gasteiger partial charge in [-0.05, 0) is 25.0 Å². The van der Waals surface area contributed by atoms with E-state index in [9.17, 15) is 0 Å². The van der Waals surface area contributed by atoms with E-state index in [1.54, 1.807) is 24.3 Å². The molecule has 0 aliphatic rings. The minimum atomic E-state index is 0.279. The van der Waals surface area contributed by atoms with Crippen LogP contribution >= 0.6 is 11.6 Å². The number of hydrogen-bond donors (Lipinski definition) is 2. The third kappa shape index (κ3) is 9.07. The summed E-state index contributed by atoms with van der Waals surface area (Å²) in [7, 11) is 0. The molecule has 3 heteroatoms. The third-order valence-electron chi connectivity index (χ3n) is 1.51. The number of para-hydroxylation sites is 1. The summed E-state index contributed by atoms with van der Waals surface area (Å²) in [6.07, 6.45) is 2.91. The lowest BCUT2D eigenvalue weighted by Crippen LogP contribution is -1.81. The molecule has 0 aromatic heterocycles. The standard InChI is InChI=1S/C6H6O.C5H10ClN/c7-6-4-2-1-3-5-6;1-2-3-4-5(6)7/h1-5,7H;7H,2-4H2,1H3. The maximum absolute atomic E-state index is 8.63. The lowest BCUT2D eigenvalue weighted by molar-refractivity contribution is 0.475. The second kappa shape index (κ2) is 8.57. The first-order valence-corrected chi connectivity index (χ1v) is 5.01. The van der Waals surface area contributed by atoms with Crippen LogP contribution in [0.5, 0.6) is 5.75 Å². The van der Waals surface area contributed by atoms with Gasteiger partial charge in [0.05, 0.1) is 5.17 Å². The molecule has 78 valence electrons. The quantitative estimate of drug-likeness (QED) is 0.738. The Bertz CT molecular complexity index is 249. The summed E-state index contributed by atoms with van der Waals surface area (Å²) < 4.78 is 0. The summed E-state index contributed by atoms with van der Waals surface area (Å²) in [5.41, 5.74) is 0. The zero-order chi connectivity index (χ0) is 10.8. The van der Waals surface area contributed by atoms with Crippen molar-refractivity contribution in [1.82, 2.24) is 0 Å². The van der Waals surface area contributed by atoms with Gasteiger partial charge >= 0.3 is 0 Å². The number of halogens is 1. The van der Waals surface area contributed by atoms with Crippen LogP contribution < -0.4 is 0 Å². The first kappa shape index (κ1) is 13.0. The summed E-state index contributed by atoms with van der Waals surface area (Å²) in [5, 5.41) is 15.7. The number of aromatic hydroxyl groups is 1. The molecule has 0 saturated carbocycles. The molecule has 1 aromatic carbocycles. The minimum absolute atomic E-state index is 0.279. The fraction of sp³-hybridized carbons (Fsp3) is 0.364. The van der Waals surface area contributed by atoms with Crippen LogP contribution in [-0.4, -0.2) is 10.3 Å². The van der Waals surface area contributed by atoms with Crippen molar-refractivity contribution < 1.29 is 5.11 Å². The van der Waals surface area contributed by atoms with Gasteiger partial charge in [-0.3, -0.25) is 5.41 Å². The summed E-state index contributed by atoms with van der Waals surface area (Å²) in [4.78, 5) is 0. The van der Waals surface area contributed by atoms with Crippen LogP contribution in [-0.2, 0) is 0 Å². The molecule has 0 aliphatic heterocycles. The highest BCUT2D eigenvalue weighted by atomic mass is 35.5. The molecule has 2 nitrogen and oxygen atoms in total. The molecule has 0 bridgehead atoms. The lowest BCUT2D eigenvalue weighted by atomic mass is 10.3. The Morgan fingerprint density at radius 3 is 2.14 bits per heavy atom. The molecule has 0 spiro atoms. The van der Waals surface area contributed by atoms with E-state index in [0.717, 1.165) is 19.3 Å². The van der Waals surface area contributed by atoms with Crippen molar-refractivity contribution >= 4 is 16.8 Å². The Hall–Kier alpha value is -1.02. The van der Waals surface area contributed by atoms with Crippen molar-refractivity contribution in [2.75, 3.05) is 0 Å². The van der Waals surface area contributed by atoms with Gasteiger partial charge in [0.2, 0.25) is 0 Å². The average molecular weight is 214 g/mol. The Morgan fingerprint density at radius 2 is 1.93 bits per heavy atom. The van der Waals surface area contributed by atoms with E-state index in [2.05, 4.69) is 6.92 Å². The van der Waals surface area contributed by atoms with E-state index in [1.165, 1.54) is 0 Å². The minimum Gasteiger partial charge on any atom is -0.508 e. The number of benzene rings is 1. The van der Waals surface area contributed by atoms with Gasteiger partial charge in [-0.1, -0.05) is 43.1 Å². The fourth-order valence-electron chi connectivity index (χ4n) is 0.760. The van der Waals surface area contributed by atoms with Crippen LogP contribution in [0.25, 0.3) is 0 Å². The van der Waals surface area contributed by atoms with Crippen LogP contribution in [0.4, 0.5) is 0 Å². The Labute approximate surface area is 90.0 Å². The van der Waals surface area contributed by atoms with Crippen molar-refractivity contribution in [1.29, 1.82) is 5.41 Å². The molecule has 0 atom stereocenters. The number of nitrogens with one attached hydrogen (secondary N) is 1. The predicted molar refractivity (Wildman–Crippen MR) is 61.2 cm³/mol. The summed E-state index contributed by atoms with van der Waals surface area (Å²) in [6.45, 7) is 2.08. The first-order chi connectivity index (χ1) is 6.66. The molecule has 0 radical (unpaired) electrons. The number of unbranched alkanes of at least 4 members (excludes halogenated alkanes) is 1. The largest absolute Gasteiger partial charge is 0.508 e. The van der Waals surface area contributed by atoms with Crippen LogP contribution in [0, 0.1) is 5.41 Å². The SMILES string of the molecule is CCCCC(=N)Cl.Oc1ccccc1. The van der Waals surface area contributed by atoms with E-state index < -0.39 is 0 Å². The van der Waals surface area contributed by atoms with Crippen LogP contribution in [0.15, 0.2) is 30.3 Å². The molecule has 0 amide bonds. The fourth-order valence-corrected chi connectivity index (χ4v) is 0.894. The second-order valence-corrected chi connectivity index (χ2v) is 3.30. The maximum atomic E-state index is 8.63. The van der Waals surface area contributed by atoms with Crippen molar-refractivity contribution in [2.45, 2.75) is 26.2 Å². The second-order valence-electron chi connectivity index (χ2n) is 2.84. The molecular weight excluding hydrogens is 198 g/mol. The highest BCUT2D eigenvalue weighted by Gasteiger charge is 1.85. The van der Waals surface area contributed by atoms with Crippen molar-refractivity contribution in [3.8, 4) is 5.75 Å². The molecule has 0 fully saturated rings. The number of phenolic OH excluding ortho intramolecular Hbond substituents is 1. The lowest BCUT2D eigenvalue weighted by Gasteiger charge is -1.87. The molecule has 0 aliphatic carbocycles. The van der Waals surface area contributed by atoms with Gasteiger partial charge in [-0.15, -0.1) is 0 Å². The highest BCUT2D eigenvalue weighted by molar-refractivity contribution is 6.64. The highest BCUT2D eigenvalue weighted by Crippen LogP contribution is 2.02. The normalized spacial score (nSPS) is 8.71. The van der Waals surface area contributed by atoms with E-state index in [1.807, 2.05) is 6.07 Å². The smallest absolute Gasteiger partial charge is 0.115 e. The summed E-state index contributed by atoms with van der Waals surface area (Å²) in [6, 6.07) is 8.71. The van der Waals surface area contributed by atoms with Crippen LogP contribution in [0.1, 0.15) is 26.2 Å². The molecule has 0 saturated heterocycles. The Balaban J connectivity index is 0.000000241. The Morgan fingerprint density at radius 1 is 1.36 bits per heavy atom.